The van der Waals surface area contributed by atoms with Crippen LogP contribution >= 0.6 is 0 Å². The summed E-state index contributed by atoms with van der Waals surface area (Å²) >= 11 is 0. The van der Waals surface area contributed by atoms with E-state index in [4.69, 9.17) is 10.00 Å². The van der Waals surface area contributed by atoms with E-state index in [1.165, 1.54) is 0 Å². The normalized spacial score (nSPS) is 11.2. The van der Waals surface area contributed by atoms with E-state index in [2.05, 4.69) is 5.32 Å². The molecular weight excluding hydrogens is 264 g/mol. The lowest BCUT2D eigenvalue weighted by Crippen LogP contribution is -2.23. The lowest BCUT2D eigenvalue weighted by Gasteiger charge is -2.15. The molecule has 0 radical (unpaired) electrons. The fraction of sp³-hybridized carbons (Fsp3) is 0.176. The molecule has 4 heteroatoms. The van der Waals surface area contributed by atoms with Crippen LogP contribution in [0.1, 0.15) is 28.9 Å². The average molecular weight is 280 g/mol. The molecule has 0 saturated carbocycles. The molecule has 0 bridgehead atoms. The Morgan fingerprint density at radius 2 is 1.86 bits per heavy atom. The summed E-state index contributed by atoms with van der Waals surface area (Å²) in [5, 5.41) is 10.9. The Bertz CT molecular complexity index is 630. The first kappa shape index (κ1) is 14.6. The van der Waals surface area contributed by atoms with Crippen LogP contribution in [0.2, 0.25) is 0 Å². The fourth-order valence-corrected chi connectivity index (χ4v) is 1.90. The van der Waals surface area contributed by atoms with Gasteiger partial charge < -0.3 is 10.1 Å². The third-order valence-corrected chi connectivity index (χ3v) is 3.03. The molecule has 1 atom stereocenters. The predicted octanol–water partition coefficient (Wildman–Crippen LogP) is 3.08. The number of carbonyl (C=O) groups is 1. The van der Waals surface area contributed by atoms with Crippen LogP contribution in [0, 0.1) is 11.3 Å². The van der Waals surface area contributed by atoms with Gasteiger partial charge in [0.05, 0.1) is 6.07 Å². The van der Waals surface area contributed by atoms with Gasteiger partial charge in [-0.1, -0.05) is 30.3 Å². The van der Waals surface area contributed by atoms with Crippen molar-refractivity contribution >= 4 is 5.91 Å². The molecule has 1 amide bonds. The second-order valence-electron chi connectivity index (χ2n) is 4.54. The van der Waals surface area contributed by atoms with E-state index in [1.54, 1.807) is 24.3 Å². The standard InChI is InChI=1S/C17H16N2O2/c1-13(14-5-3-2-4-6-14)21-16-9-7-15(8-10-16)17(20)19-12-11-18/h2-10,13H,12H2,1H3,(H,19,20)/t13-/m1/s1. The zero-order valence-corrected chi connectivity index (χ0v) is 11.7. The first-order valence-corrected chi connectivity index (χ1v) is 6.67. The maximum absolute atomic E-state index is 11.7. The van der Waals surface area contributed by atoms with E-state index >= 15 is 0 Å². The molecule has 0 unspecified atom stereocenters. The molecule has 2 aromatic carbocycles. The molecule has 1 N–H and O–H groups in total. The molecule has 2 aromatic rings. The highest BCUT2D eigenvalue weighted by Gasteiger charge is 2.08. The number of hydrogen-bond donors (Lipinski definition) is 1. The van der Waals surface area contributed by atoms with Gasteiger partial charge in [0, 0.05) is 5.56 Å². The Labute approximate surface area is 124 Å². The first-order chi connectivity index (χ1) is 10.2. The minimum atomic E-state index is -0.265. The van der Waals surface area contributed by atoms with Crippen molar-refractivity contribution in [2.75, 3.05) is 6.54 Å². The number of nitrogens with one attached hydrogen (secondary N) is 1. The van der Waals surface area contributed by atoms with Crippen molar-refractivity contribution in [2.24, 2.45) is 0 Å². The van der Waals surface area contributed by atoms with E-state index in [-0.39, 0.29) is 18.6 Å². The average Bonchev–Trinajstić information content (AvgIpc) is 2.54. The Kier molecular flexibility index (Phi) is 4.94. The molecule has 0 fully saturated rings. The van der Waals surface area contributed by atoms with E-state index in [1.807, 2.05) is 43.3 Å². The maximum Gasteiger partial charge on any atom is 0.252 e. The van der Waals surface area contributed by atoms with Crippen LogP contribution in [0.15, 0.2) is 54.6 Å². The van der Waals surface area contributed by atoms with Crippen molar-refractivity contribution in [1.82, 2.24) is 5.32 Å². The van der Waals surface area contributed by atoms with E-state index < -0.39 is 0 Å². The molecular formula is C17H16N2O2. The van der Waals surface area contributed by atoms with Crippen LogP contribution < -0.4 is 10.1 Å². The van der Waals surface area contributed by atoms with Crippen molar-refractivity contribution in [3.05, 3.63) is 65.7 Å². The van der Waals surface area contributed by atoms with Crippen LogP contribution in [0.3, 0.4) is 0 Å². The molecule has 0 saturated heterocycles. The predicted molar refractivity (Wildman–Crippen MR) is 79.9 cm³/mol. The van der Waals surface area contributed by atoms with Gasteiger partial charge in [-0.25, -0.2) is 0 Å². The molecule has 0 aliphatic carbocycles. The second-order valence-corrected chi connectivity index (χ2v) is 4.54. The molecule has 4 nitrogen and oxygen atoms in total. The zero-order valence-electron chi connectivity index (χ0n) is 11.7. The van der Waals surface area contributed by atoms with Crippen LogP contribution in [0.25, 0.3) is 0 Å². The molecule has 106 valence electrons. The molecule has 0 heterocycles. The SMILES string of the molecule is C[C@@H](Oc1ccc(C(=O)NCC#N)cc1)c1ccccc1. The van der Waals surface area contributed by atoms with Crippen molar-refractivity contribution in [3.63, 3.8) is 0 Å². The number of amides is 1. The van der Waals surface area contributed by atoms with Gasteiger partial charge in [0.15, 0.2) is 0 Å². The number of nitrogens with zero attached hydrogens (tertiary/aromatic N) is 1. The highest BCUT2D eigenvalue weighted by atomic mass is 16.5. The summed E-state index contributed by atoms with van der Waals surface area (Å²) in [6.45, 7) is 1.98. The van der Waals surface area contributed by atoms with E-state index in [9.17, 15) is 4.79 Å². The van der Waals surface area contributed by atoms with Crippen molar-refractivity contribution in [2.45, 2.75) is 13.0 Å². The molecule has 21 heavy (non-hydrogen) atoms. The van der Waals surface area contributed by atoms with Crippen LogP contribution in [-0.4, -0.2) is 12.5 Å². The number of benzene rings is 2. The first-order valence-electron chi connectivity index (χ1n) is 6.67. The Balaban J connectivity index is 2.00. The topological polar surface area (TPSA) is 62.1 Å². The number of nitriles is 1. The van der Waals surface area contributed by atoms with Gasteiger partial charge in [-0.05, 0) is 36.8 Å². The Morgan fingerprint density at radius 1 is 1.19 bits per heavy atom. The van der Waals surface area contributed by atoms with Crippen LogP contribution in [0.5, 0.6) is 5.75 Å². The van der Waals surface area contributed by atoms with Gasteiger partial charge in [-0.2, -0.15) is 5.26 Å². The zero-order chi connectivity index (χ0) is 15.1. The lowest BCUT2D eigenvalue weighted by molar-refractivity contribution is 0.0958. The third-order valence-electron chi connectivity index (χ3n) is 3.03. The quantitative estimate of drug-likeness (QED) is 0.856. The third kappa shape index (κ3) is 4.08. The second kappa shape index (κ2) is 7.11. The minimum Gasteiger partial charge on any atom is -0.486 e. The fourth-order valence-electron chi connectivity index (χ4n) is 1.90. The van der Waals surface area contributed by atoms with Gasteiger partial charge in [-0.3, -0.25) is 4.79 Å². The summed E-state index contributed by atoms with van der Waals surface area (Å²) in [7, 11) is 0. The minimum absolute atomic E-state index is 0.00211. The summed E-state index contributed by atoms with van der Waals surface area (Å²) in [6, 6.07) is 18.6. The highest BCUT2D eigenvalue weighted by molar-refractivity contribution is 5.94. The van der Waals surface area contributed by atoms with Crippen LogP contribution in [0.4, 0.5) is 0 Å². The Morgan fingerprint density at radius 3 is 2.48 bits per heavy atom. The Hall–Kier alpha value is -2.80. The number of carbonyl (C=O) groups excluding carboxylic acids is 1. The molecule has 0 aliphatic heterocycles. The number of hydrogen-bond acceptors (Lipinski definition) is 3. The van der Waals surface area contributed by atoms with Crippen molar-refractivity contribution in [3.8, 4) is 11.8 Å². The summed E-state index contributed by atoms with van der Waals surface area (Å²) in [6.07, 6.45) is -0.0653. The van der Waals surface area contributed by atoms with E-state index in [0.29, 0.717) is 11.3 Å². The smallest absolute Gasteiger partial charge is 0.252 e. The molecule has 0 aliphatic rings. The number of ether oxygens (including phenoxy) is 1. The summed E-state index contributed by atoms with van der Waals surface area (Å²) < 4.78 is 5.83. The van der Waals surface area contributed by atoms with Crippen molar-refractivity contribution in [1.29, 1.82) is 5.26 Å². The maximum atomic E-state index is 11.7. The van der Waals surface area contributed by atoms with E-state index in [0.717, 1.165) is 5.56 Å². The summed E-state index contributed by atoms with van der Waals surface area (Å²) in [4.78, 5) is 11.7. The molecule has 0 spiro atoms. The van der Waals surface area contributed by atoms with Gasteiger partial charge >= 0.3 is 0 Å². The van der Waals surface area contributed by atoms with Gasteiger partial charge in [0.25, 0.3) is 5.91 Å². The number of rotatable bonds is 5. The van der Waals surface area contributed by atoms with Gasteiger partial charge in [0.2, 0.25) is 0 Å². The highest BCUT2D eigenvalue weighted by Crippen LogP contribution is 2.21. The van der Waals surface area contributed by atoms with Crippen LogP contribution in [-0.2, 0) is 0 Å². The van der Waals surface area contributed by atoms with Gasteiger partial charge in [0.1, 0.15) is 18.4 Å². The largest absolute Gasteiger partial charge is 0.486 e. The van der Waals surface area contributed by atoms with Crippen molar-refractivity contribution < 1.29 is 9.53 Å². The summed E-state index contributed by atoms with van der Waals surface area (Å²) in [5.41, 5.74) is 1.60. The molecule has 0 aromatic heterocycles. The summed E-state index contributed by atoms with van der Waals surface area (Å²) in [5.74, 6) is 0.433. The lowest BCUT2D eigenvalue weighted by atomic mass is 10.1. The van der Waals surface area contributed by atoms with Gasteiger partial charge in [-0.15, -0.1) is 0 Å². The molecule has 2 rings (SSSR count). The monoisotopic (exact) mass is 280 g/mol.